The highest BCUT2D eigenvalue weighted by molar-refractivity contribution is 14.1. The quantitative estimate of drug-likeness (QED) is 0.369. The van der Waals surface area contributed by atoms with Crippen LogP contribution in [-0.4, -0.2) is 65.6 Å². The van der Waals surface area contributed by atoms with Crippen molar-refractivity contribution in [3.05, 3.63) is 29.4 Å². The molecule has 1 aromatic heterocycles. The number of benzene rings is 1. The van der Waals surface area contributed by atoms with Gasteiger partial charge in [0.2, 0.25) is 5.95 Å². The topological polar surface area (TPSA) is 74.8 Å². The molecule has 0 radical (unpaired) electrons. The predicted molar refractivity (Wildman–Crippen MR) is 138 cm³/mol. The first-order valence-corrected chi connectivity index (χ1v) is 12.4. The van der Waals surface area contributed by atoms with Crippen LogP contribution in [0.2, 0.25) is 5.02 Å². The highest BCUT2D eigenvalue weighted by atomic mass is 127. The van der Waals surface area contributed by atoms with E-state index in [4.69, 9.17) is 21.1 Å². The molecule has 0 unspecified atom stereocenters. The molecular formula is C22H30ClIN6O2. The number of anilines is 4. The molecule has 3 heterocycles. The minimum absolute atomic E-state index is 0.246. The van der Waals surface area contributed by atoms with E-state index < -0.39 is 0 Å². The first-order valence-electron chi connectivity index (χ1n) is 11.0. The molecule has 0 aliphatic carbocycles. The smallest absolute Gasteiger partial charge is 0.229 e. The van der Waals surface area contributed by atoms with Crippen molar-refractivity contribution in [2.24, 2.45) is 5.92 Å². The number of rotatable bonds is 7. The van der Waals surface area contributed by atoms with Crippen LogP contribution >= 0.6 is 34.5 Å². The lowest BCUT2D eigenvalue weighted by Gasteiger charge is -2.33. The van der Waals surface area contributed by atoms with Gasteiger partial charge in [-0.25, -0.2) is 8.10 Å². The molecule has 2 fully saturated rings. The highest BCUT2D eigenvalue weighted by Gasteiger charge is 2.22. The number of nitrogens with zero attached hydrogens (tertiary/aromatic N) is 4. The number of methoxy groups -OCH3 is 1. The zero-order valence-corrected chi connectivity index (χ0v) is 21.4. The zero-order valence-electron chi connectivity index (χ0n) is 18.5. The van der Waals surface area contributed by atoms with Gasteiger partial charge >= 0.3 is 0 Å². The Hall–Kier alpha value is -1.56. The number of hydrogen-bond donors (Lipinski definition) is 2. The van der Waals surface area contributed by atoms with E-state index in [-0.39, 0.29) is 6.04 Å². The monoisotopic (exact) mass is 572 g/mol. The van der Waals surface area contributed by atoms with Gasteiger partial charge in [0.15, 0.2) is 5.82 Å². The molecule has 174 valence electrons. The zero-order chi connectivity index (χ0) is 22.5. The molecule has 2 saturated heterocycles. The molecule has 2 aliphatic rings. The van der Waals surface area contributed by atoms with Crippen molar-refractivity contribution in [1.82, 2.24) is 13.1 Å². The van der Waals surface area contributed by atoms with Crippen molar-refractivity contribution in [2.75, 3.05) is 62.0 Å². The van der Waals surface area contributed by atoms with E-state index in [1.165, 1.54) is 0 Å². The number of hydrogen-bond acceptors (Lipinski definition) is 8. The van der Waals surface area contributed by atoms with E-state index in [0.29, 0.717) is 22.7 Å². The summed E-state index contributed by atoms with van der Waals surface area (Å²) >= 11 is 8.76. The number of piperazine rings is 1. The second-order valence-electron chi connectivity index (χ2n) is 8.18. The second-order valence-corrected chi connectivity index (χ2v) is 9.95. The number of ether oxygens (including phenoxy) is 2. The lowest BCUT2D eigenvalue weighted by molar-refractivity contribution is 0.0622. The van der Waals surface area contributed by atoms with Crippen LogP contribution < -0.4 is 20.3 Å². The van der Waals surface area contributed by atoms with Crippen LogP contribution in [0, 0.1) is 5.92 Å². The fraction of sp³-hybridized carbons (Fsp3) is 0.545. The molecule has 4 rings (SSSR count). The molecular weight excluding hydrogens is 543 g/mol. The summed E-state index contributed by atoms with van der Waals surface area (Å²) in [5, 5.41) is 7.26. The van der Waals surface area contributed by atoms with Crippen LogP contribution in [0.1, 0.15) is 19.8 Å². The van der Waals surface area contributed by atoms with E-state index in [1.54, 1.807) is 13.3 Å². The summed E-state index contributed by atoms with van der Waals surface area (Å²) in [5.41, 5.74) is 1.97. The van der Waals surface area contributed by atoms with Gasteiger partial charge in [-0.2, -0.15) is 4.98 Å². The van der Waals surface area contributed by atoms with Crippen molar-refractivity contribution in [3.8, 4) is 5.75 Å². The fourth-order valence-electron chi connectivity index (χ4n) is 4.12. The van der Waals surface area contributed by atoms with Crippen molar-refractivity contribution in [1.29, 1.82) is 0 Å². The molecule has 0 spiro atoms. The molecule has 1 atom stereocenters. The van der Waals surface area contributed by atoms with Crippen LogP contribution in [0.4, 0.5) is 23.1 Å². The molecule has 10 heteroatoms. The summed E-state index contributed by atoms with van der Waals surface area (Å²) in [4.78, 5) is 11.4. The minimum atomic E-state index is 0.246. The Kier molecular flexibility index (Phi) is 8.14. The molecule has 2 aliphatic heterocycles. The van der Waals surface area contributed by atoms with Crippen molar-refractivity contribution in [3.63, 3.8) is 0 Å². The average molecular weight is 573 g/mol. The Morgan fingerprint density at radius 3 is 2.69 bits per heavy atom. The summed E-state index contributed by atoms with van der Waals surface area (Å²) in [6, 6.07) is 6.43. The molecule has 0 saturated carbocycles. The van der Waals surface area contributed by atoms with Crippen molar-refractivity contribution < 1.29 is 9.47 Å². The second kappa shape index (κ2) is 11.0. The van der Waals surface area contributed by atoms with Crippen molar-refractivity contribution in [2.45, 2.75) is 25.8 Å². The first kappa shape index (κ1) is 23.6. The minimum Gasteiger partial charge on any atom is -0.494 e. The fourth-order valence-corrected chi connectivity index (χ4v) is 4.70. The van der Waals surface area contributed by atoms with Gasteiger partial charge in [0.05, 0.1) is 19.0 Å². The van der Waals surface area contributed by atoms with Crippen LogP contribution in [0.5, 0.6) is 5.75 Å². The molecule has 32 heavy (non-hydrogen) atoms. The molecule has 2 N–H and O–H groups in total. The number of nitrogens with one attached hydrogen (secondary N) is 2. The van der Waals surface area contributed by atoms with Gasteiger partial charge in [0.1, 0.15) is 10.8 Å². The highest BCUT2D eigenvalue weighted by Crippen LogP contribution is 2.33. The van der Waals surface area contributed by atoms with Crippen LogP contribution in [-0.2, 0) is 4.74 Å². The number of halogens is 2. The average Bonchev–Trinajstić information content (AvgIpc) is 2.82. The molecule has 0 amide bonds. The van der Waals surface area contributed by atoms with Gasteiger partial charge in [-0.15, -0.1) is 0 Å². The summed E-state index contributed by atoms with van der Waals surface area (Å²) in [7, 11) is 1.68. The van der Waals surface area contributed by atoms with E-state index in [9.17, 15) is 0 Å². The summed E-state index contributed by atoms with van der Waals surface area (Å²) < 4.78 is 13.4. The molecule has 2 aromatic rings. The van der Waals surface area contributed by atoms with Gasteiger partial charge in [-0.05, 0) is 37.8 Å². The molecule has 8 nitrogen and oxygen atoms in total. The maximum atomic E-state index is 6.38. The summed E-state index contributed by atoms with van der Waals surface area (Å²) in [5.74, 6) is 2.40. The van der Waals surface area contributed by atoms with Gasteiger partial charge in [-0.3, -0.25) is 0 Å². The first-order chi connectivity index (χ1) is 15.5. The third kappa shape index (κ3) is 5.86. The largest absolute Gasteiger partial charge is 0.494 e. The Morgan fingerprint density at radius 2 is 1.97 bits per heavy atom. The van der Waals surface area contributed by atoms with E-state index in [2.05, 4.69) is 70.5 Å². The molecule has 1 aromatic carbocycles. The van der Waals surface area contributed by atoms with Gasteiger partial charge in [-0.1, -0.05) is 11.6 Å². The normalized spacial score (nSPS) is 18.9. The van der Waals surface area contributed by atoms with Crippen LogP contribution in [0.15, 0.2) is 24.4 Å². The van der Waals surface area contributed by atoms with Crippen molar-refractivity contribution >= 4 is 57.6 Å². The Bertz CT molecular complexity index is 906. The van der Waals surface area contributed by atoms with Crippen LogP contribution in [0.3, 0.4) is 0 Å². The van der Waals surface area contributed by atoms with E-state index in [1.807, 2.05) is 6.07 Å². The summed E-state index contributed by atoms with van der Waals surface area (Å²) in [6.45, 7) is 7.88. The van der Waals surface area contributed by atoms with Crippen LogP contribution in [0.25, 0.3) is 0 Å². The third-order valence-corrected chi connectivity index (χ3v) is 7.34. The Labute approximate surface area is 208 Å². The third-order valence-electron chi connectivity index (χ3n) is 6.10. The van der Waals surface area contributed by atoms with Gasteiger partial charge in [0.25, 0.3) is 0 Å². The SMILES string of the molecule is COc1cc(N2CCN(I)CC2)ccc1Nc1ncc(Cl)c(N[C@H](C)C2CCOCC2)n1. The van der Waals surface area contributed by atoms with E-state index in [0.717, 1.165) is 69.4 Å². The lowest BCUT2D eigenvalue weighted by atomic mass is 9.93. The van der Waals surface area contributed by atoms with Gasteiger partial charge < -0.3 is 25.0 Å². The standard InChI is InChI=1S/C22H30ClIN6O2/c1-15(16-5-11-32-12-6-16)26-21-18(23)14-25-22(28-21)27-19-4-3-17(13-20(19)31-2)29-7-9-30(24)10-8-29/h3-4,13-16H,5-12H2,1-2H3,(H2,25,26,27,28)/t15-/m1/s1. The molecule has 0 bridgehead atoms. The van der Waals surface area contributed by atoms with Gasteiger partial charge in [0, 0.05) is 80.1 Å². The maximum absolute atomic E-state index is 6.38. The predicted octanol–water partition coefficient (Wildman–Crippen LogP) is 4.58. The summed E-state index contributed by atoms with van der Waals surface area (Å²) in [6.07, 6.45) is 3.71. The Balaban J connectivity index is 1.46. The maximum Gasteiger partial charge on any atom is 0.229 e. The lowest BCUT2D eigenvalue weighted by Crippen LogP contribution is -2.42. The van der Waals surface area contributed by atoms with E-state index >= 15 is 0 Å². The number of aromatic nitrogens is 2. The Morgan fingerprint density at radius 1 is 1.22 bits per heavy atom.